The van der Waals surface area contributed by atoms with Gasteiger partial charge in [0.2, 0.25) is 0 Å². The average Bonchev–Trinajstić information content (AvgIpc) is 2.84. The van der Waals surface area contributed by atoms with Crippen LogP contribution in [0.3, 0.4) is 0 Å². The number of halogens is 1. The van der Waals surface area contributed by atoms with E-state index in [4.69, 9.17) is 5.73 Å². The van der Waals surface area contributed by atoms with Gasteiger partial charge < -0.3 is 5.73 Å². The Labute approximate surface area is 112 Å². The molecule has 17 heavy (non-hydrogen) atoms. The van der Waals surface area contributed by atoms with Crippen LogP contribution in [0.5, 0.6) is 0 Å². The molecule has 0 atom stereocenters. The van der Waals surface area contributed by atoms with Crippen molar-refractivity contribution < 1.29 is 0 Å². The molecule has 0 amide bonds. The Hall–Kier alpha value is -1.57. The quantitative estimate of drug-likeness (QED) is 0.856. The molecule has 0 saturated heterocycles. The van der Waals surface area contributed by atoms with Crippen molar-refractivity contribution >= 4 is 38.5 Å². The number of nitriles is 1. The van der Waals surface area contributed by atoms with E-state index in [2.05, 4.69) is 22.0 Å². The van der Waals surface area contributed by atoms with Crippen LogP contribution in [-0.4, -0.2) is 0 Å². The number of thiophene rings is 1. The summed E-state index contributed by atoms with van der Waals surface area (Å²) in [5, 5.41) is 11.2. The van der Waals surface area contributed by atoms with Gasteiger partial charge >= 0.3 is 0 Å². The molecule has 0 spiro atoms. The topological polar surface area (TPSA) is 49.8 Å². The summed E-state index contributed by atoms with van der Waals surface area (Å²) in [4.78, 5) is 0.890. The van der Waals surface area contributed by atoms with Gasteiger partial charge in [0, 0.05) is 14.9 Å². The van der Waals surface area contributed by atoms with Crippen LogP contribution in [0.1, 0.15) is 10.4 Å². The summed E-state index contributed by atoms with van der Waals surface area (Å²) in [5.41, 5.74) is 7.94. The Morgan fingerprint density at radius 3 is 2.59 bits per heavy atom. The molecule has 0 aliphatic carbocycles. The minimum atomic E-state index is 0.502. The number of hydrogen-bond donors (Lipinski definition) is 1. The Bertz CT molecular complexity index is 594. The van der Waals surface area contributed by atoms with E-state index in [1.54, 1.807) is 0 Å². The second-order valence-corrected chi connectivity index (χ2v) is 5.16. The van der Waals surface area contributed by atoms with E-state index in [1.165, 1.54) is 11.3 Å². The summed E-state index contributed by atoms with van der Waals surface area (Å²) < 4.78 is 0.891. The highest BCUT2D eigenvalue weighted by molar-refractivity contribution is 9.10. The van der Waals surface area contributed by atoms with E-state index in [-0.39, 0.29) is 0 Å². The van der Waals surface area contributed by atoms with Gasteiger partial charge in [0.25, 0.3) is 0 Å². The van der Waals surface area contributed by atoms with E-state index in [1.807, 2.05) is 41.8 Å². The molecule has 0 aliphatic rings. The Morgan fingerprint density at radius 1 is 1.24 bits per heavy atom. The van der Waals surface area contributed by atoms with Crippen molar-refractivity contribution in [2.24, 2.45) is 5.73 Å². The Kier molecular flexibility index (Phi) is 3.62. The molecule has 2 nitrogen and oxygen atoms in total. The summed E-state index contributed by atoms with van der Waals surface area (Å²) in [6.07, 6.45) is 0. The first-order valence-corrected chi connectivity index (χ1v) is 6.60. The first-order valence-electron chi connectivity index (χ1n) is 4.92. The number of allylic oxidation sites excluding steroid dienone is 1. The fourth-order valence-electron chi connectivity index (χ4n) is 1.48. The highest BCUT2D eigenvalue weighted by Crippen LogP contribution is 2.29. The highest BCUT2D eigenvalue weighted by Gasteiger charge is 2.11. The monoisotopic (exact) mass is 304 g/mol. The third-order valence-corrected chi connectivity index (χ3v) is 3.89. The van der Waals surface area contributed by atoms with Gasteiger partial charge in [-0.2, -0.15) is 5.26 Å². The summed E-state index contributed by atoms with van der Waals surface area (Å²) in [6.45, 7) is 0. The lowest BCUT2D eigenvalue weighted by atomic mass is 10.1. The van der Waals surface area contributed by atoms with Crippen molar-refractivity contribution in [3.63, 3.8) is 0 Å². The molecule has 4 heteroatoms. The summed E-state index contributed by atoms with van der Waals surface area (Å²) in [6, 6.07) is 13.6. The maximum atomic E-state index is 9.22. The highest BCUT2D eigenvalue weighted by atomic mass is 79.9. The molecule has 0 saturated carbocycles. The van der Waals surface area contributed by atoms with Crippen molar-refractivity contribution in [3.8, 4) is 6.07 Å². The van der Waals surface area contributed by atoms with Crippen LogP contribution in [0, 0.1) is 11.3 Å². The van der Waals surface area contributed by atoms with Crippen LogP contribution >= 0.6 is 27.3 Å². The van der Waals surface area contributed by atoms with E-state index < -0.39 is 0 Å². The van der Waals surface area contributed by atoms with Crippen molar-refractivity contribution in [2.45, 2.75) is 0 Å². The zero-order valence-electron chi connectivity index (χ0n) is 8.85. The molecule has 1 aromatic carbocycles. The number of rotatable bonds is 2. The molecule has 0 unspecified atom stereocenters. The second kappa shape index (κ2) is 5.17. The minimum absolute atomic E-state index is 0.502. The van der Waals surface area contributed by atoms with E-state index in [0.717, 1.165) is 14.9 Å². The van der Waals surface area contributed by atoms with E-state index in [9.17, 15) is 5.26 Å². The predicted molar refractivity (Wildman–Crippen MR) is 75.1 cm³/mol. The van der Waals surface area contributed by atoms with Crippen LogP contribution in [0.15, 0.2) is 46.3 Å². The average molecular weight is 305 g/mol. The fourth-order valence-corrected chi connectivity index (χ4v) is 2.72. The summed E-state index contributed by atoms with van der Waals surface area (Å²) in [5.74, 6) is 0. The van der Waals surface area contributed by atoms with Gasteiger partial charge in [-0.15, -0.1) is 11.3 Å². The minimum Gasteiger partial charge on any atom is -0.397 e. The third-order valence-electron chi connectivity index (χ3n) is 2.31. The van der Waals surface area contributed by atoms with Crippen LogP contribution in [0.2, 0.25) is 0 Å². The Morgan fingerprint density at radius 2 is 2.00 bits per heavy atom. The lowest BCUT2D eigenvalue weighted by Gasteiger charge is -2.06. The van der Waals surface area contributed by atoms with E-state index >= 15 is 0 Å². The van der Waals surface area contributed by atoms with Crippen LogP contribution in [-0.2, 0) is 0 Å². The first-order chi connectivity index (χ1) is 8.24. The van der Waals surface area contributed by atoms with Crippen molar-refractivity contribution in [2.75, 3.05) is 0 Å². The van der Waals surface area contributed by atoms with Gasteiger partial charge in [-0.05, 0) is 17.5 Å². The molecule has 0 fully saturated rings. The van der Waals surface area contributed by atoms with Gasteiger partial charge in [0.1, 0.15) is 6.07 Å². The fraction of sp³-hybridized carbons (Fsp3) is 0. The lowest BCUT2D eigenvalue weighted by molar-refractivity contribution is 1.47. The van der Waals surface area contributed by atoms with Gasteiger partial charge in [-0.25, -0.2) is 0 Å². The standard InChI is InChI=1S/C13H9BrN2S/c14-11-5-2-1-4-9(11)13(16)10(8-15)12-6-3-7-17-12/h1-7H,16H2/b13-10-. The SMILES string of the molecule is N#C/C(=C(/N)c1ccccc1Br)c1cccs1. The van der Waals surface area contributed by atoms with Crippen LogP contribution in [0.25, 0.3) is 11.3 Å². The number of hydrogen-bond acceptors (Lipinski definition) is 3. The summed E-state index contributed by atoms with van der Waals surface area (Å²) in [7, 11) is 0. The largest absolute Gasteiger partial charge is 0.397 e. The van der Waals surface area contributed by atoms with Gasteiger partial charge in [0.15, 0.2) is 0 Å². The second-order valence-electron chi connectivity index (χ2n) is 3.36. The van der Waals surface area contributed by atoms with Gasteiger partial charge in [-0.1, -0.05) is 40.2 Å². The summed E-state index contributed by atoms with van der Waals surface area (Å²) >= 11 is 4.95. The normalized spacial score (nSPS) is 11.8. The molecule has 2 aromatic rings. The molecule has 2 rings (SSSR count). The molecule has 0 aliphatic heterocycles. The van der Waals surface area contributed by atoms with Crippen LogP contribution in [0.4, 0.5) is 0 Å². The van der Waals surface area contributed by atoms with Crippen molar-refractivity contribution in [1.29, 1.82) is 5.26 Å². The molecular weight excluding hydrogens is 296 g/mol. The van der Waals surface area contributed by atoms with Crippen molar-refractivity contribution in [3.05, 3.63) is 56.7 Å². The molecular formula is C13H9BrN2S. The molecule has 1 heterocycles. The maximum absolute atomic E-state index is 9.22. The number of nitrogens with zero attached hydrogens (tertiary/aromatic N) is 1. The zero-order valence-corrected chi connectivity index (χ0v) is 11.3. The molecule has 84 valence electrons. The zero-order chi connectivity index (χ0) is 12.3. The van der Waals surface area contributed by atoms with Gasteiger partial charge in [-0.3, -0.25) is 0 Å². The smallest absolute Gasteiger partial charge is 0.103 e. The first kappa shape index (κ1) is 11.9. The van der Waals surface area contributed by atoms with E-state index in [0.29, 0.717) is 11.3 Å². The molecule has 1 aromatic heterocycles. The Balaban J connectivity index is 2.58. The lowest BCUT2D eigenvalue weighted by Crippen LogP contribution is -2.00. The molecule has 2 N–H and O–H groups in total. The molecule has 0 radical (unpaired) electrons. The predicted octanol–water partition coefficient (Wildman–Crippen LogP) is 3.86. The maximum Gasteiger partial charge on any atom is 0.103 e. The number of benzene rings is 1. The third kappa shape index (κ3) is 2.41. The number of nitrogens with two attached hydrogens (primary N) is 1. The molecule has 0 bridgehead atoms. The van der Waals surface area contributed by atoms with Crippen LogP contribution < -0.4 is 5.73 Å². The van der Waals surface area contributed by atoms with Crippen molar-refractivity contribution in [1.82, 2.24) is 0 Å². The van der Waals surface area contributed by atoms with Gasteiger partial charge in [0.05, 0.1) is 11.3 Å².